The molecule has 0 N–H and O–H groups in total. The van der Waals surface area contributed by atoms with Gasteiger partial charge in [0.25, 0.3) is 8.53 Å². The van der Waals surface area contributed by atoms with E-state index < -0.39 is 15.4 Å². The minimum atomic E-state index is -1.25. The van der Waals surface area contributed by atoms with Gasteiger partial charge in [0.15, 0.2) is 6.40 Å². The summed E-state index contributed by atoms with van der Waals surface area (Å²) >= 11 is 0. The van der Waals surface area contributed by atoms with Gasteiger partial charge in [-0.15, -0.1) is 0 Å². The second-order valence-corrected chi connectivity index (χ2v) is 6.12. The standard InChI is InChI=1S/C13H25FN3O3P/c1-12(2)17(13(3)4)21(19-8-5-6-15)20-9-7-16-11-18-10-14/h11-13H,5,7-10H2,1-4H3. The second-order valence-electron chi connectivity index (χ2n) is 4.67. The van der Waals surface area contributed by atoms with E-state index in [1.54, 1.807) is 0 Å². The number of halogens is 1. The van der Waals surface area contributed by atoms with Crippen LogP contribution in [0.5, 0.6) is 0 Å². The third-order valence-corrected chi connectivity index (χ3v) is 4.40. The summed E-state index contributed by atoms with van der Waals surface area (Å²) in [7, 11) is -1.25. The number of ether oxygens (including phenoxy) is 1. The lowest BCUT2D eigenvalue weighted by molar-refractivity contribution is 0.177. The lowest BCUT2D eigenvalue weighted by atomic mass is 10.3. The quantitative estimate of drug-likeness (QED) is 0.239. The molecule has 0 aromatic rings. The van der Waals surface area contributed by atoms with Crippen LogP contribution in [0, 0.1) is 11.3 Å². The normalized spacial score (nSPS) is 13.3. The Balaban J connectivity index is 4.40. The van der Waals surface area contributed by atoms with Gasteiger partial charge < -0.3 is 13.8 Å². The zero-order valence-electron chi connectivity index (χ0n) is 13.2. The van der Waals surface area contributed by atoms with Gasteiger partial charge in [0, 0.05) is 12.1 Å². The molecule has 0 bridgehead atoms. The zero-order chi connectivity index (χ0) is 16.1. The van der Waals surface area contributed by atoms with E-state index in [9.17, 15) is 4.39 Å². The van der Waals surface area contributed by atoms with E-state index in [1.165, 1.54) is 0 Å². The number of hydrogen-bond donors (Lipinski definition) is 0. The molecule has 0 saturated heterocycles. The van der Waals surface area contributed by atoms with Crippen LogP contribution in [0.1, 0.15) is 34.1 Å². The van der Waals surface area contributed by atoms with Gasteiger partial charge in [0.2, 0.25) is 6.86 Å². The van der Waals surface area contributed by atoms with Crippen molar-refractivity contribution < 1.29 is 18.2 Å². The van der Waals surface area contributed by atoms with Gasteiger partial charge in [0.05, 0.1) is 32.2 Å². The third kappa shape index (κ3) is 9.70. The molecule has 0 aliphatic heterocycles. The molecule has 21 heavy (non-hydrogen) atoms. The van der Waals surface area contributed by atoms with Gasteiger partial charge in [-0.3, -0.25) is 4.99 Å². The maximum absolute atomic E-state index is 11.7. The number of alkyl halides is 1. The predicted octanol–water partition coefficient (Wildman–Crippen LogP) is 3.25. The Labute approximate surface area is 127 Å². The molecule has 1 unspecified atom stereocenters. The van der Waals surface area contributed by atoms with Crippen molar-refractivity contribution in [3.05, 3.63) is 0 Å². The average molecular weight is 321 g/mol. The van der Waals surface area contributed by atoms with Crippen molar-refractivity contribution in [2.24, 2.45) is 4.99 Å². The summed E-state index contributed by atoms with van der Waals surface area (Å²) < 4.78 is 29.6. The SMILES string of the molecule is CC(C)N(C(C)C)P(OCCC#N)OCCN=COCF. The van der Waals surface area contributed by atoms with E-state index in [1.807, 2.05) is 6.07 Å². The third-order valence-electron chi connectivity index (χ3n) is 2.30. The number of rotatable bonds is 12. The van der Waals surface area contributed by atoms with Crippen LogP contribution in [0.4, 0.5) is 4.39 Å². The monoisotopic (exact) mass is 321 g/mol. The molecule has 0 aliphatic carbocycles. The fourth-order valence-electron chi connectivity index (χ4n) is 1.62. The Morgan fingerprint density at radius 2 is 1.86 bits per heavy atom. The number of nitrogens with zero attached hydrogens (tertiary/aromatic N) is 3. The summed E-state index contributed by atoms with van der Waals surface area (Å²) in [5.41, 5.74) is 0. The smallest absolute Gasteiger partial charge is 0.259 e. The first-order valence-corrected chi connectivity index (χ1v) is 8.04. The highest BCUT2D eigenvalue weighted by atomic mass is 31.2. The van der Waals surface area contributed by atoms with Crippen LogP contribution >= 0.6 is 8.53 Å². The average Bonchev–Trinajstić information content (AvgIpc) is 2.41. The molecule has 0 saturated carbocycles. The highest BCUT2D eigenvalue weighted by Gasteiger charge is 2.26. The molecule has 6 nitrogen and oxygen atoms in total. The van der Waals surface area contributed by atoms with Crippen molar-refractivity contribution in [2.75, 3.05) is 26.6 Å². The summed E-state index contributed by atoms with van der Waals surface area (Å²) in [6, 6.07) is 2.57. The summed E-state index contributed by atoms with van der Waals surface area (Å²) in [4.78, 5) is 3.85. The van der Waals surface area contributed by atoms with Gasteiger partial charge in [0.1, 0.15) is 0 Å². The van der Waals surface area contributed by atoms with Crippen LogP contribution < -0.4 is 0 Å². The zero-order valence-corrected chi connectivity index (χ0v) is 14.1. The maximum atomic E-state index is 11.7. The summed E-state index contributed by atoms with van der Waals surface area (Å²) in [6.07, 6.45) is 1.40. The van der Waals surface area contributed by atoms with Crippen molar-refractivity contribution in [3.63, 3.8) is 0 Å². The summed E-state index contributed by atoms with van der Waals surface area (Å²) in [5, 5.41) is 8.59. The van der Waals surface area contributed by atoms with Crippen LogP contribution in [0.2, 0.25) is 0 Å². The van der Waals surface area contributed by atoms with Crippen LogP contribution in [-0.2, 0) is 13.8 Å². The second kappa shape index (κ2) is 12.9. The molecule has 0 heterocycles. The molecule has 0 fully saturated rings. The van der Waals surface area contributed by atoms with Gasteiger partial charge in [-0.2, -0.15) is 5.26 Å². The number of hydrogen-bond acceptors (Lipinski definition) is 6. The van der Waals surface area contributed by atoms with Gasteiger partial charge in [-0.25, -0.2) is 9.06 Å². The molecule has 1 atom stereocenters. The molecule has 0 aliphatic rings. The Hall–Kier alpha value is -0.800. The number of aliphatic imine (C=N–C) groups is 1. The summed E-state index contributed by atoms with van der Waals surface area (Å²) in [6.45, 7) is 8.44. The molecule has 122 valence electrons. The topological polar surface area (TPSA) is 67.1 Å². The van der Waals surface area contributed by atoms with Crippen LogP contribution in [-0.4, -0.2) is 49.8 Å². The van der Waals surface area contributed by atoms with Gasteiger partial charge in [-0.1, -0.05) is 0 Å². The van der Waals surface area contributed by atoms with Crippen LogP contribution in [0.3, 0.4) is 0 Å². The largest absolute Gasteiger partial charge is 0.453 e. The molecule has 0 rings (SSSR count). The van der Waals surface area contributed by atoms with E-state index in [-0.39, 0.29) is 12.1 Å². The van der Waals surface area contributed by atoms with Crippen molar-refractivity contribution in [3.8, 4) is 6.07 Å². The first kappa shape index (κ1) is 20.2. The fraction of sp³-hybridized carbons (Fsp3) is 0.846. The molecule has 0 aromatic heterocycles. The Kier molecular flexibility index (Phi) is 12.4. The molecular weight excluding hydrogens is 296 g/mol. The minimum Gasteiger partial charge on any atom is -0.453 e. The highest BCUT2D eigenvalue weighted by Crippen LogP contribution is 2.45. The maximum Gasteiger partial charge on any atom is 0.259 e. The lowest BCUT2D eigenvalue weighted by Gasteiger charge is -2.35. The van der Waals surface area contributed by atoms with Gasteiger partial charge in [-0.05, 0) is 27.7 Å². The van der Waals surface area contributed by atoms with Crippen LogP contribution in [0.25, 0.3) is 0 Å². The van der Waals surface area contributed by atoms with E-state index in [0.29, 0.717) is 26.2 Å². The first-order chi connectivity index (χ1) is 10.0. The fourth-order valence-corrected chi connectivity index (χ4v) is 3.20. The van der Waals surface area contributed by atoms with E-state index >= 15 is 0 Å². The van der Waals surface area contributed by atoms with Gasteiger partial charge >= 0.3 is 0 Å². The summed E-state index contributed by atoms with van der Waals surface area (Å²) in [5.74, 6) is 0. The lowest BCUT2D eigenvalue weighted by Crippen LogP contribution is -2.33. The molecule has 0 spiro atoms. The van der Waals surface area contributed by atoms with Crippen molar-refractivity contribution in [2.45, 2.75) is 46.2 Å². The molecule has 0 radical (unpaired) electrons. The Morgan fingerprint density at radius 1 is 1.24 bits per heavy atom. The van der Waals surface area contributed by atoms with Crippen molar-refractivity contribution in [1.82, 2.24) is 4.67 Å². The van der Waals surface area contributed by atoms with Crippen LogP contribution in [0.15, 0.2) is 4.99 Å². The van der Waals surface area contributed by atoms with E-state index in [4.69, 9.17) is 14.3 Å². The molecule has 0 amide bonds. The van der Waals surface area contributed by atoms with E-state index in [0.717, 1.165) is 6.40 Å². The molecular formula is C13H25FN3O3P. The highest BCUT2D eigenvalue weighted by molar-refractivity contribution is 7.44. The molecule has 0 aromatic carbocycles. The predicted molar refractivity (Wildman–Crippen MR) is 81.6 cm³/mol. The Bertz CT molecular complexity index is 316. The minimum absolute atomic E-state index is 0.261. The first-order valence-electron chi connectivity index (χ1n) is 6.91. The molecule has 8 heteroatoms. The van der Waals surface area contributed by atoms with E-state index in [2.05, 4.69) is 42.1 Å². The van der Waals surface area contributed by atoms with Crippen molar-refractivity contribution >= 4 is 14.9 Å². The Morgan fingerprint density at radius 3 is 2.38 bits per heavy atom. The number of nitriles is 1. The van der Waals surface area contributed by atoms with Crippen molar-refractivity contribution in [1.29, 1.82) is 5.26 Å².